The molecule has 0 saturated heterocycles. The van der Waals surface area contributed by atoms with Crippen LogP contribution in [-0.4, -0.2) is 29.9 Å². The maximum absolute atomic E-state index is 12.3. The molecule has 134 valence electrons. The summed E-state index contributed by atoms with van der Waals surface area (Å²) in [5.41, 5.74) is 3.40. The molecule has 3 aromatic rings. The number of amides is 2. The van der Waals surface area contributed by atoms with Crippen LogP contribution in [0.1, 0.15) is 39.6 Å². The predicted molar refractivity (Wildman–Crippen MR) is 103 cm³/mol. The van der Waals surface area contributed by atoms with Gasteiger partial charge in [0, 0.05) is 41.3 Å². The minimum atomic E-state index is -0.134. The molecule has 1 heterocycles. The van der Waals surface area contributed by atoms with Gasteiger partial charge in [-0.2, -0.15) is 0 Å². The fourth-order valence-electron chi connectivity index (χ4n) is 2.86. The van der Waals surface area contributed by atoms with Gasteiger partial charge in [-0.05, 0) is 48.7 Å². The highest BCUT2D eigenvalue weighted by Crippen LogP contribution is 2.17. The zero-order valence-electron chi connectivity index (χ0n) is 14.8. The van der Waals surface area contributed by atoms with E-state index in [1.54, 1.807) is 24.3 Å². The van der Waals surface area contributed by atoms with Crippen molar-refractivity contribution in [2.45, 2.75) is 19.8 Å². The number of fused-ring (bicyclic) bond motifs is 1. The highest BCUT2D eigenvalue weighted by Gasteiger charge is 2.09. The van der Waals surface area contributed by atoms with Crippen LogP contribution in [0.25, 0.3) is 10.9 Å². The molecule has 26 heavy (non-hydrogen) atoms. The van der Waals surface area contributed by atoms with E-state index in [1.807, 2.05) is 31.3 Å². The molecule has 0 aliphatic heterocycles. The predicted octanol–water partition coefficient (Wildman–Crippen LogP) is 3.28. The number of carbonyl (C=O) groups excluding carboxylic acids is 2. The summed E-state index contributed by atoms with van der Waals surface area (Å²) in [6.07, 6.45) is 3.64. The van der Waals surface area contributed by atoms with E-state index >= 15 is 0 Å². The van der Waals surface area contributed by atoms with Crippen LogP contribution >= 0.6 is 0 Å². The second-order valence-corrected chi connectivity index (χ2v) is 6.20. The Morgan fingerprint density at radius 2 is 1.50 bits per heavy atom. The molecule has 1 aromatic heterocycles. The fraction of sp³-hybridized carbons (Fsp3) is 0.238. The molecular formula is C21H23N3O2. The number of aromatic amines is 1. The largest absolute Gasteiger partial charge is 0.361 e. The Labute approximate surface area is 152 Å². The first-order valence-corrected chi connectivity index (χ1v) is 8.90. The number of aromatic nitrogens is 1. The van der Waals surface area contributed by atoms with Gasteiger partial charge in [-0.3, -0.25) is 9.59 Å². The normalized spacial score (nSPS) is 10.7. The molecule has 5 nitrogen and oxygen atoms in total. The maximum Gasteiger partial charge on any atom is 0.251 e. The highest BCUT2D eigenvalue weighted by molar-refractivity contribution is 5.97. The molecule has 0 radical (unpaired) electrons. The number of rotatable bonds is 7. The molecule has 0 bridgehead atoms. The molecule has 3 rings (SSSR count). The lowest BCUT2D eigenvalue weighted by Crippen LogP contribution is -2.26. The Hall–Kier alpha value is -3.08. The lowest BCUT2D eigenvalue weighted by Gasteiger charge is -2.07. The quantitative estimate of drug-likeness (QED) is 0.612. The van der Waals surface area contributed by atoms with Gasteiger partial charge in [0.2, 0.25) is 0 Å². The molecule has 0 aliphatic carbocycles. The molecule has 2 aromatic carbocycles. The van der Waals surface area contributed by atoms with Gasteiger partial charge in [0.1, 0.15) is 0 Å². The van der Waals surface area contributed by atoms with Crippen molar-refractivity contribution in [1.29, 1.82) is 0 Å². The van der Waals surface area contributed by atoms with Crippen molar-refractivity contribution in [3.63, 3.8) is 0 Å². The summed E-state index contributed by atoms with van der Waals surface area (Å²) in [6, 6.07) is 14.8. The van der Waals surface area contributed by atoms with Crippen LogP contribution in [-0.2, 0) is 6.42 Å². The molecule has 5 heteroatoms. The first-order chi connectivity index (χ1) is 12.7. The standard InChI is InChI=1S/C21H23N3O2/c1-2-12-22-20(25)15-7-9-16(10-8-15)21(26)23-13-11-17-14-24-19-6-4-3-5-18(17)19/h3-10,14,24H,2,11-13H2,1H3,(H,22,25)(H,23,26). The van der Waals surface area contributed by atoms with E-state index in [-0.39, 0.29) is 11.8 Å². The van der Waals surface area contributed by atoms with E-state index in [9.17, 15) is 9.59 Å². The van der Waals surface area contributed by atoms with Crippen molar-refractivity contribution in [3.05, 3.63) is 71.4 Å². The van der Waals surface area contributed by atoms with Gasteiger partial charge in [0.25, 0.3) is 11.8 Å². The van der Waals surface area contributed by atoms with Gasteiger partial charge in [0.15, 0.2) is 0 Å². The number of para-hydroxylation sites is 1. The number of H-pyrrole nitrogens is 1. The summed E-state index contributed by atoms with van der Waals surface area (Å²) in [5.74, 6) is -0.247. The van der Waals surface area contributed by atoms with Crippen LogP contribution in [0.4, 0.5) is 0 Å². The molecule has 0 fully saturated rings. The topological polar surface area (TPSA) is 74.0 Å². The van der Waals surface area contributed by atoms with E-state index < -0.39 is 0 Å². The summed E-state index contributed by atoms with van der Waals surface area (Å²) in [4.78, 5) is 27.4. The first-order valence-electron chi connectivity index (χ1n) is 8.90. The minimum absolute atomic E-state index is 0.113. The Bertz CT molecular complexity index is 897. The van der Waals surface area contributed by atoms with Crippen molar-refractivity contribution in [2.24, 2.45) is 0 Å². The van der Waals surface area contributed by atoms with Gasteiger partial charge in [-0.15, -0.1) is 0 Å². The third-order valence-corrected chi connectivity index (χ3v) is 4.30. The Morgan fingerprint density at radius 1 is 0.885 bits per heavy atom. The van der Waals surface area contributed by atoms with Crippen molar-refractivity contribution in [3.8, 4) is 0 Å². The zero-order valence-corrected chi connectivity index (χ0v) is 14.8. The Balaban J connectivity index is 1.54. The lowest BCUT2D eigenvalue weighted by molar-refractivity contribution is 0.0942. The maximum atomic E-state index is 12.3. The zero-order chi connectivity index (χ0) is 18.4. The summed E-state index contributed by atoms with van der Waals surface area (Å²) in [6.45, 7) is 3.21. The van der Waals surface area contributed by atoms with E-state index in [0.717, 1.165) is 18.4 Å². The van der Waals surface area contributed by atoms with Gasteiger partial charge >= 0.3 is 0 Å². The second kappa shape index (κ2) is 8.34. The number of benzene rings is 2. The van der Waals surface area contributed by atoms with Crippen LogP contribution in [0.5, 0.6) is 0 Å². The first kappa shape index (κ1) is 17.7. The van der Waals surface area contributed by atoms with Gasteiger partial charge < -0.3 is 15.6 Å². The SMILES string of the molecule is CCCNC(=O)c1ccc(C(=O)NCCc2c[nH]c3ccccc23)cc1. The third-order valence-electron chi connectivity index (χ3n) is 4.30. The van der Waals surface area contributed by atoms with Gasteiger partial charge in [0.05, 0.1) is 0 Å². The fourth-order valence-corrected chi connectivity index (χ4v) is 2.86. The van der Waals surface area contributed by atoms with Crippen molar-refractivity contribution >= 4 is 22.7 Å². The monoisotopic (exact) mass is 349 g/mol. The average Bonchev–Trinajstić information content (AvgIpc) is 3.09. The molecule has 0 saturated carbocycles. The van der Waals surface area contributed by atoms with E-state index in [2.05, 4.69) is 21.7 Å². The van der Waals surface area contributed by atoms with Crippen LogP contribution in [0.15, 0.2) is 54.7 Å². The van der Waals surface area contributed by atoms with Crippen molar-refractivity contribution < 1.29 is 9.59 Å². The smallest absolute Gasteiger partial charge is 0.251 e. The van der Waals surface area contributed by atoms with Crippen LogP contribution in [0.2, 0.25) is 0 Å². The number of nitrogens with one attached hydrogen (secondary N) is 3. The number of hydrogen-bond donors (Lipinski definition) is 3. The molecular weight excluding hydrogens is 326 g/mol. The Morgan fingerprint density at radius 3 is 2.15 bits per heavy atom. The molecule has 0 unspecified atom stereocenters. The third kappa shape index (κ3) is 4.11. The summed E-state index contributed by atoms with van der Waals surface area (Å²) in [5, 5.41) is 6.94. The van der Waals surface area contributed by atoms with Gasteiger partial charge in [-0.25, -0.2) is 0 Å². The number of hydrogen-bond acceptors (Lipinski definition) is 2. The minimum Gasteiger partial charge on any atom is -0.361 e. The Kier molecular flexibility index (Phi) is 5.69. The molecule has 2 amide bonds. The number of carbonyl (C=O) groups is 2. The van der Waals surface area contributed by atoms with Crippen LogP contribution in [0.3, 0.4) is 0 Å². The molecule has 3 N–H and O–H groups in total. The van der Waals surface area contributed by atoms with Crippen molar-refractivity contribution in [2.75, 3.05) is 13.1 Å². The summed E-state index contributed by atoms with van der Waals surface area (Å²) in [7, 11) is 0. The highest BCUT2D eigenvalue weighted by atomic mass is 16.2. The average molecular weight is 349 g/mol. The molecule has 0 atom stereocenters. The summed E-state index contributed by atoms with van der Waals surface area (Å²) < 4.78 is 0. The van der Waals surface area contributed by atoms with Crippen LogP contribution < -0.4 is 10.6 Å². The second-order valence-electron chi connectivity index (χ2n) is 6.20. The van der Waals surface area contributed by atoms with E-state index in [4.69, 9.17) is 0 Å². The van der Waals surface area contributed by atoms with E-state index in [1.165, 1.54) is 10.9 Å². The van der Waals surface area contributed by atoms with Crippen LogP contribution in [0, 0.1) is 0 Å². The molecule has 0 aliphatic rings. The van der Waals surface area contributed by atoms with Crippen molar-refractivity contribution in [1.82, 2.24) is 15.6 Å². The van der Waals surface area contributed by atoms with E-state index in [0.29, 0.717) is 24.2 Å². The molecule has 0 spiro atoms. The van der Waals surface area contributed by atoms with Gasteiger partial charge in [-0.1, -0.05) is 25.1 Å². The summed E-state index contributed by atoms with van der Waals surface area (Å²) >= 11 is 0. The lowest BCUT2D eigenvalue weighted by atomic mass is 10.1.